The molecule has 94 valence electrons. The monoisotopic (exact) mass is 328 g/mol. The standard InChI is InChI=1S/C12H10BrFN2OS/c13-9-5-8(1-2-10(9)14)7-18(17)12-3-4-16-6-11(12)15/h1-6H,7,15H2. The number of nitrogen functional groups attached to an aromatic ring is 1. The van der Waals surface area contributed by atoms with Crippen LogP contribution in [0.2, 0.25) is 0 Å². The highest BCUT2D eigenvalue weighted by atomic mass is 79.9. The predicted molar refractivity (Wildman–Crippen MR) is 72.9 cm³/mol. The molecule has 18 heavy (non-hydrogen) atoms. The molecule has 0 aliphatic heterocycles. The van der Waals surface area contributed by atoms with E-state index in [4.69, 9.17) is 5.73 Å². The van der Waals surface area contributed by atoms with Crippen LogP contribution in [0.25, 0.3) is 0 Å². The smallest absolute Gasteiger partial charge is 0.137 e. The molecule has 0 saturated carbocycles. The fraction of sp³-hybridized carbons (Fsp3) is 0.0833. The van der Waals surface area contributed by atoms with Crippen molar-refractivity contribution in [2.75, 3.05) is 5.73 Å². The molecule has 1 heterocycles. The third-order valence-electron chi connectivity index (χ3n) is 2.34. The Morgan fingerprint density at radius 2 is 2.17 bits per heavy atom. The quantitative estimate of drug-likeness (QED) is 0.942. The molecule has 6 heteroatoms. The molecule has 1 unspecified atom stereocenters. The van der Waals surface area contributed by atoms with Crippen LogP contribution in [0.15, 0.2) is 46.0 Å². The van der Waals surface area contributed by atoms with Crippen molar-refractivity contribution in [1.82, 2.24) is 4.98 Å². The summed E-state index contributed by atoms with van der Waals surface area (Å²) >= 11 is 3.10. The normalized spacial score (nSPS) is 12.3. The Balaban J connectivity index is 2.22. The third-order valence-corrected chi connectivity index (χ3v) is 4.40. The van der Waals surface area contributed by atoms with Crippen molar-refractivity contribution in [2.45, 2.75) is 10.6 Å². The summed E-state index contributed by atoms with van der Waals surface area (Å²) in [6.07, 6.45) is 3.01. The van der Waals surface area contributed by atoms with Gasteiger partial charge in [-0.25, -0.2) is 4.39 Å². The zero-order chi connectivity index (χ0) is 13.1. The molecule has 1 aromatic carbocycles. The van der Waals surface area contributed by atoms with Gasteiger partial charge in [0.05, 0.1) is 37.8 Å². The highest BCUT2D eigenvalue weighted by Crippen LogP contribution is 2.21. The van der Waals surface area contributed by atoms with Crippen molar-refractivity contribution >= 4 is 32.4 Å². The molecule has 0 amide bonds. The van der Waals surface area contributed by atoms with Crippen molar-refractivity contribution in [2.24, 2.45) is 0 Å². The largest absolute Gasteiger partial charge is 0.396 e. The topological polar surface area (TPSA) is 56.0 Å². The number of hydrogen-bond acceptors (Lipinski definition) is 3. The lowest BCUT2D eigenvalue weighted by molar-refractivity contribution is 0.620. The van der Waals surface area contributed by atoms with E-state index in [1.54, 1.807) is 24.4 Å². The van der Waals surface area contributed by atoms with Crippen LogP contribution < -0.4 is 5.73 Å². The van der Waals surface area contributed by atoms with E-state index in [0.717, 1.165) is 5.56 Å². The molecule has 1 atom stereocenters. The summed E-state index contributed by atoms with van der Waals surface area (Å²) in [6.45, 7) is 0. The van der Waals surface area contributed by atoms with E-state index in [-0.39, 0.29) is 11.6 Å². The molecular formula is C12H10BrFN2OS. The highest BCUT2D eigenvalue weighted by molar-refractivity contribution is 9.10. The Morgan fingerprint density at radius 3 is 2.83 bits per heavy atom. The molecule has 0 bridgehead atoms. The van der Waals surface area contributed by atoms with Gasteiger partial charge in [0.1, 0.15) is 5.82 Å². The zero-order valence-corrected chi connectivity index (χ0v) is 11.7. The molecule has 0 fully saturated rings. The van der Waals surface area contributed by atoms with Gasteiger partial charge in [-0.1, -0.05) is 6.07 Å². The number of rotatable bonds is 3. The fourth-order valence-corrected chi connectivity index (χ4v) is 3.05. The van der Waals surface area contributed by atoms with Crippen molar-refractivity contribution in [3.8, 4) is 0 Å². The van der Waals surface area contributed by atoms with Gasteiger partial charge in [-0.05, 0) is 39.7 Å². The first kappa shape index (κ1) is 13.2. The average Bonchev–Trinajstić information content (AvgIpc) is 2.34. The Labute approximate surface area is 115 Å². The van der Waals surface area contributed by atoms with Crippen LogP contribution in [-0.2, 0) is 16.6 Å². The van der Waals surface area contributed by atoms with Crippen molar-refractivity contribution in [1.29, 1.82) is 0 Å². The van der Waals surface area contributed by atoms with Crippen molar-refractivity contribution in [3.05, 3.63) is 52.5 Å². The third kappa shape index (κ3) is 2.94. The molecule has 2 rings (SSSR count). The number of nitrogens with zero attached hydrogens (tertiary/aromatic N) is 1. The van der Waals surface area contributed by atoms with Crippen LogP contribution >= 0.6 is 15.9 Å². The second-order valence-electron chi connectivity index (χ2n) is 3.65. The Hall–Kier alpha value is -1.27. The van der Waals surface area contributed by atoms with Gasteiger partial charge in [-0.3, -0.25) is 9.19 Å². The number of pyridine rings is 1. The van der Waals surface area contributed by atoms with Gasteiger partial charge in [0.25, 0.3) is 0 Å². The van der Waals surface area contributed by atoms with Gasteiger partial charge in [-0.15, -0.1) is 0 Å². The summed E-state index contributed by atoms with van der Waals surface area (Å²) in [7, 11) is -1.27. The second-order valence-corrected chi connectivity index (χ2v) is 5.93. The number of halogens is 2. The minimum absolute atomic E-state index is 0.285. The van der Waals surface area contributed by atoms with E-state index in [1.807, 2.05) is 0 Å². The maximum Gasteiger partial charge on any atom is 0.137 e. The van der Waals surface area contributed by atoms with E-state index in [9.17, 15) is 8.60 Å². The molecule has 2 aromatic rings. The lowest BCUT2D eigenvalue weighted by Gasteiger charge is -2.06. The summed E-state index contributed by atoms with van der Waals surface area (Å²) in [5, 5.41) is 0. The first-order valence-electron chi connectivity index (χ1n) is 5.09. The minimum atomic E-state index is -1.27. The van der Waals surface area contributed by atoms with Crippen LogP contribution in [0.4, 0.5) is 10.1 Å². The molecule has 0 aliphatic rings. The van der Waals surface area contributed by atoms with Gasteiger partial charge >= 0.3 is 0 Å². The molecular weight excluding hydrogens is 319 g/mol. The summed E-state index contributed by atoms with van der Waals surface area (Å²) < 4.78 is 25.6. The lowest BCUT2D eigenvalue weighted by atomic mass is 10.2. The fourth-order valence-electron chi connectivity index (χ4n) is 1.46. The van der Waals surface area contributed by atoms with Gasteiger partial charge in [0, 0.05) is 6.20 Å². The molecule has 2 N–H and O–H groups in total. The van der Waals surface area contributed by atoms with Crippen molar-refractivity contribution in [3.63, 3.8) is 0 Å². The summed E-state index contributed by atoms with van der Waals surface area (Å²) in [4.78, 5) is 4.39. The summed E-state index contributed by atoms with van der Waals surface area (Å²) in [5.41, 5.74) is 6.88. The van der Waals surface area contributed by atoms with Gasteiger partial charge in [0.2, 0.25) is 0 Å². The first-order valence-corrected chi connectivity index (χ1v) is 7.21. The number of nitrogens with two attached hydrogens (primary N) is 1. The lowest BCUT2D eigenvalue weighted by Crippen LogP contribution is -2.01. The summed E-state index contributed by atoms with van der Waals surface area (Å²) in [6, 6.07) is 6.19. The number of hydrogen-bond donors (Lipinski definition) is 1. The van der Waals surface area contributed by atoms with Gasteiger partial charge < -0.3 is 5.73 Å². The van der Waals surface area contributed by atoms with E-state index in [1.165, 1.54) is 12.3 Å². The molecule has 0 aliphatic carbocycles. The number of aromatic nitrogens is 1. The molecule has 3 nitrogen and oxygen atoms in total. The highest BCUT2D eigenvalue weighted by Gasteiger charge is 2.10. The van der Waals surface area contributed by atoms with Crippen LogP contribution in [0, 0.1) is 5.82 Å². The van der Waals surface area contributed by atoms with Crippen LogP contribution in [0.1, 0.15) is 5.56 Å². The molecule has 0 spiro atoms. The Kier molecular flexibility index (Phi) is 4.08. The first-order chi connectivity index (χ1) is 8.58. The van der Waals surface area contributed by atoms with E-state index < -0.39 is 10.8 Å². The van der Waals surface area contributed by atoms with E-state index in [2.05, 4.69) is 20.9 Å². The number of benzene rings is 1. The average molecular weight is 329 g/mol. The van der Waals surface area contributed by atoms with Crippen molar-refractivity contribution < 1.29 is 8.60 Å². The second kappa shape index (κ2) is 5.58. The maximum absolute atomic E-state index is 13.1. The summed E-state index contributed by atoms with van der Waals surface area (Å²) in [5.74, 6) is -0.0550. The SMILES string of the molecule is Nc1cnccc1S(=O)Cc1ccc(F)c(Br)c1. The van der Waals surface area contributed by atoms with Crippen LogP contribution in [0.5, 0.6) is 0 Å². The van der Waals surface area contributed by atoms with Crippen LogP contribution in [0.3, 0.4) is 0 Å². The van der Waals surface area contributed by atoms with Gasteiger partial charge in [0.15, 0.2) is 0 Å². The van der Waals surface area contributed by atoms with Crippen LogP contribution in [-0.4, -0.2) is 9.19 Å². The Bertz CT molecular complexity index is 606. The van der Waals surface area contributed by atoms with Gasteiger partial charge in [-0.2, -0.15) is 0 Å². The Morgan fingerprint density at radius 1 is 1.39 bits per heavy atom. The predicted octanol–water partition coefficient (Wildman–Crippen LogP) is 2.87. The minimum Gasteiger partial charge on any atom is -0.396 e. The van der Waals surface area contributed by atoms with E-state index >= 15 is 0 Å². The molecule has 0 saturated heterocycles. The zero-order valence-electron chi connectivity index (χ0n) is 9.27. The number of anilines is 1. The molecule has 1 aromatic heterocycles. The molecule has 0 radical (unpaired) electrons. The van der Waals surface area contributed by atoms with E-state index in [0.29, 0.717) is 15.1 Å². The maximum atomic E-state index is 13.1.